The Kier molecular flexibility index (Phi) is 10.6. The maximum Gasteiger partial charge on any atom is 0.251 e. The summed E-state index contributed by atoms with van der Waals surface area (Å²) in [5.74, 6) is -1.01. The van der Waals surface area contributed by atoms with Crippen LogP contribution in [0.1, 0.15) is 52.9 Å². The number of nitro groups is 1. The molecule has 0 aromatic carbocycles. The minimum atomic E-state index is -0.848. The van der Waals surface area contributed by atoms with Crippen molar-refractivity contribution in [2.75, 3.05) is 13.1 Å². The maximum absolute atomic E-state index is 12.7. The predicted molar refractivity (Wildman–Crippen MR) is 109 cm³/mol. The Bertz CT molecular complexity index is 640. The summed E-state index contributed by atoms with van der Waals surface area (Å²) in [6.45, 7) is 7.81. The van der Waals surface area contributed by atoms with Gasteiger partial charge in [-0.1, -0.05) is 19.3 Å². The third-order valence-electron chi connectivity index (χ3n) is 4.60. The first-order valence-electron chi connectivity index (χ1n) is 10.0. The minimum Gasteiger partial charge on any atom is -0.352 e. The summed E-state index contributed by atoms with van der Waals surface area (Å²) in [6, 6.07) is -1.41. The Morgan fingerprint density at radius 3 is 2.63 bits per heavy atom. The number of hydrogen-bond donors (Lipinski definition) is 5. The predicted octanol–water partition coefficient (Wildman–Crippen LogP) is -0.108. The molecule has 12 heteroatoms. The molecule has 0 unspecified atom stereocenters. The van der Waals surface area contributed by atoms with Gasteiger partial charge in [-0.05, 0) is 38.0 Å². The van der Waals surface area contributed by atoms with Crippen LogP contribution >= 0.6 is 0 Å². The third kappa shape index (κ3) is 9.05. The lowest BCUT2D eigenvalue weighted by atomic mass is 10.1. The van der Waals surface area contributed by atoms with Crippen LogP contribution in [0.5, 0.6) is 0 Å². The van der Waals surface area contributed by atoms with Crippen LogP contribution in [0, 0.1) is 28.0 Å². The van der Waals surface area contributed by atoms with Gasteiger partial charge in [0.1, 0.15) is 12.1 Å². The van der Waals surface area contributed by atoms with Crippen LogP contribution in [0.2, 0.25) is 0 Å². The Morgan fingerprint density at radius 2 is 2.03 bits per heavy atom. The van der Waals surface area contributed by atoms with Gasteiger partial charge >= 0.3 is 0 Å². The first-order chi connectivity index (χ1) is 14.1. The normalized spacial score (nSPS) is 16.7. The summed E-state index contributed by atoms with van der Waals surface area (Å²) < 4.78 is 0. The lowest BCUT2D eigenvalue weighted by Crippen LogP contribution is -2.52. The van der Waals surface area contributed by atoms with Crippen molar-refractivity contribution in [3.63, 3.8) is 0 Å². The molecule has 1 radical (unpaired) electrons. The van der Waals surface area contributed by atoms with Gasteiger partial charge in [-0.3, -0.25) is 19.8 Å². The average molecular weight is 426 g/mol. The number of carbonyl (C=O) groups is 3. The van der Waals surface area contributed by atoms with Gasteiger partial charge in [-0.15, -0.1) is 0 Å². The van der Waals surface area contributed by atoms with Crippen molar-refractivity contribution >= 4 is 23.7 Å². The smallest absolute Gasteiger partial charge is 0.251 e. The van der Waals surface area contributed by atoms with Crippen LogP contribution in [-0.2, 0) is 14.4 Å². The van der Waals surface area contributed by atoms with Gasteiger partial charge in [0.2, 0.25) is 17.7 Å². The second kappa shape index (κ2) is 12.6. The molecule has 1 fully saturated rings. The molecule has 1 heterocycles. The number of nitrogens with one attached hydrogen (secondary N) is 5. The van der Waals surface area contributed by atoms with E-state index < -0.39 is 23.1 Å². The summed E-state index contributed by atoms with van der Waals surface area (Å²) in [7, 11) is 0. The number of hydrogen-bond acceptors (Lipinski definition) is 6. The molecule has 5 N–H and O–H groups in total. The summed E-state index contributed by atoms with van der Waals surface area (Å²) >= 11 is 0. The number of likely N-dealkylation sites (tertiary alicyclic amines) is 1. The van der Waals surface area contributed by atoms with Crippen LogP contribution in [0.25, 0.3) is 0 Å². The molecule has 0 spiro atoms. The van der Waals surface area contributed by atoms with E-state index in [4.69, 9.17) is 5.41 Å². The average Bonchev–Trinajstić information content (AvgIpc) is 3.13. The molecule has 3 amide bonds. The highest BCUT2D eigenvalue weighted by Gasteiger charge is 2.34. The zero-order chi connectivity index (χ0) is 22.7. The van der Waals surface area contributed by atoms with E-state index in [9.17, 15) is 24.5 Å². The number of rotatable bonds is 11. The Balaban J connectivity index is 2.64. The van der Waals surface area contributed by atoms with Crippen LogP contribution in [0.3, 0.4) is 0 Å². The van der Waals surface area contributed by atoms with Gasteiger partial charge in [0.25, 0.3) is 5.96 Å². The van der Waals surface area contributed by atoms with E-state index >= 15 is 0 Å². The minimum absolute atomic E-state index is 0.181. The molecule has 30 heavy (non-hydrogen) atoms. The molecule has 2 atom stereocenters. The van der Waals surface area contributed by atoms with E-state index in [1.807, 2.05) is 13.8 Å². The van der Waals surface area contributed by atoms with E-state index in [1.165, 1.54) is 11.8 Å². The highest BCUT2D eigenvalue weighted by Crippen LogP contribution is 2.17. The zero-order valence-electron chi connectivity index (χ0n) is 17.7. The summed E-state index contributed by atoms with van der Waals surface area (Å²) in [5, 5.41) is 24.7. The Hall–Kier alpha value is -2.92. The standard InChI is InChI=1S/C18H32N7O5/c1-12(2)8-10-20-16(27)14(6-4-9-21-18(19)23-25(29)30)22-17(28)15-7-5-11-24(15)13(3)26/h10,12,14-15H,4-9,11H2,1-3H3,(H,20,27)(H,22,28)(H3,19,21,23)/t14-,15-/m0/s1. The fourth-order valence-electron chi connectivity index (χ4n) is 3.10. The van der Waals surface area contributed by atoms with Crippen LogP contribution in [0.15, 0.2) is 0 Å². The molecular formula is C18H32N7O5. The molecule has 0 saturated carbocycles. The van der Waals surface area contributed by atoms with Crippen LogP contribution in [-0.4, -0.2) is 58.8 Å². The van der Waals surface area contributed by atoms with Crippen molar-refractivity contribution in [3.8, 4) is 0 Å². The maximum atomic E-state index is 12.7. The van der Waals surface area contributed by atoms with Gasteiger partial charge in [-0.25, -0.2) is 10.1 Å². The SMILES string of the molecule is CC(=O)N1CCC[C@H]1C(=O)N[C@@H](CCCNC(=N)N[N+](=O)[O-])C(=O)N[CH]CC(C)C. The number of guanidine groups is 1. The summed E-state index contributed by atoms with van der Waals surface area (Å²) in [6.07, 6.45) is 2.60. The second-order valence-corrected chi connectivity index (χ2v) is 7.59. The molecular weight excluding hydrogens is 394 g/mol. The molecule has 0 bridgehead atoms. The van der Waals surface area contributed by atoms with Crippen molar-refractivity contribution < 1.29 is 19.4 Å². The fourth-order valence-corrected chi connectivity index (χ4v) is 3.10. The van der Waals surface area contributed by atoms with Crippen LogP contribution < -0.4 is 21.4 Å². The highest BCUT2D eigenvalue weighted by atomic mass is 16.7. The van der Waals surface area contributed by atoms with Crippen molar-refractivity contribution in [3.05, 3.63) is 16.7 Å². The summed E-state index contributed by atoms with van der Waals surface area (Å²) in [4.78, 5) is 48.8. The van der Waals surface area contributed by atoms with Crippen molar-refractivity contribution in [1.29, 1.82) is 5.41 Å². The molecule has 1 rings (SSSR count). The van der Waals surface area contributed by atoms with E-state index in [0.717, 1.165) is 6.42 Å². The van der Waals surface area contributed by atoms with Crippen molar-refractivity contribution in [2.24, 2.45) is 5.92 Å². The van der Waals surface area contributed by atoms with Gasteiger partial charge in [0, 0.05) is 26.6 Å². The van der Waals surface area contributed by atoms with Crippen LogP contribution in [0.4, 0.5) is 0 Å². The zero-order valence-corrected chi connectivity index (χ0v) is 17.7. The van der Waals surface area contributed by atoms with Crippen molar-refractivity contribution in [1.82, 2.24) is 26.3 Å². The number of nitrogens with zero attached hydrogens (tertiary/aromatic N) is 2. The van der Waals surface area contributed by atoms with Gasteiger partial charge in [0.15, 0.2) is 5.03 Å². The lowest BCUT2D eigenvalue weighted by molar-refractivity contribution is -0.525. The molecule has 1 aliphatic heterocycles. The van der Waals surface area contributed by atoms with E-state index in [2.05, 4.69) is 16.0 Å². The fraction of sp³-hybridized carbons (Fsp3) is 0.722. The second-order valence-electron chi connectivity index (χ2n) is 7.59. The van der Waals surface area contributed by atoms with Gasteiger partial charge in [-0.2, -0.15) is 0 Å². The van der Waals surface area contributed by atoms with Gasteiger partial charge < -0.3 is 20.9 Å². The lowest BCUT2D eigenvalue weighted by Gasteiger charge is -2.25. The number of carbonyl (C=O) groups excluding carboxylic acids is 3. The Morgan fingerprint density at radius 1 is 1.33 bits per heavy atom. The topological polar surface area (TPSA) is 170 Å². The Labute approximate surface area is 176 Å². The molecule has 12 nitrogen and oxygen atoms in total. The van der Waals surface area contributed by atoms with Crippen molar-refractivity contribution in [2.45, 2.75) is 65.0 Å². The number of amides is 3. The first kappa shape index (κ1) is 25.1. The number of hydrazine groups is 1. The highest BCUT2D eigenvalue weighted by molar-refractivity contribution is 5.92. The third-order valence-corrected chi connectivity index (χ3v) is 4.60. The molecule has 0 aliphatic carbocycles. The monoisotopic (exact) mass is 426 g/mol. The largest absolute Gasteiger partial charge is 0.352 e. The first-order valence-corrected chi connectivity index (χ1v) is 10.0. The van der Waals surface area contributed by atoms with E-state index in [-0.39, 0.29) is 30.7 Å². The molecule has 0 aromatic heterocycles. The quantitative estimate of drug-likeness (QED) is 0.101. The van der Waals surface area contributed by atoms with E-state index in [1.54, 1.807) is 12.0 Å². The summed E-state index contributed by atoms with van der Waals surface area (Å²) in [5.41, 5.74) is 1.68. The molecule has 1 saturated heterocycles. The molecule has 1 aliphatic rings. The van der Waals surface area contributed by atoms with E-state index in [0.29, 0.717) is 31.7 Å². The van der Waals surface area contributed by atoms with Gasteiger partial charge in [0.05, 0.1) is 0 Å². The molecule has 0 aromatic rings. The molecule has 169 valence electrons.